The molecule has 2 heterocycles. The van der Waals surface area contributed by atoms with Crippen LogP contribution in [0.25, 0.3) is 11.0 Å². The number of benzene rings is 1. The van der Waals surface area contributed by atoms with Crippen molar-refractivity contribution in [3.63, 3.8) is 0 Å². The van der Waals surface area contributed by atoms with Crippen molar-refractivity contribution in [1.29, 1.82) is 0 Å². The maximum absolute atomic E-state index is 11.9. The molecule has 19 heavy (non-hydrogen) atoms. The normalized spacial score (nSPS) is 10.5. The number of hydrogen-bond acceptors (Lipinski definition) is 5. The summed E-state index contributed by atoms with van der Waals surface area (Å²) in [6, 6.07) is 10.8. The average Bonchev–Trinajstić information content (AvgIpc) is 2.97. The number of nitrogens with zero attached hydrogens (tertiary/aromatic N) is 3. The summed E-state index contributed by atoms with van der Waals surface area (Å²) in [7, 11) is 0. The van der Waals surface area contributed by atoms with Gasteiger partial charge in [0.25, 0.3) is 5.91 Å². The monoisotopic (exact) mass is 254 g/mol. The van der Waals surface area contributed by atoms with Crippen LogP contribution in [0.3, 0.4) is 0 Å². The van der Waals surface area contributed by atoms with Gasteiger partial charge >= 0.3 is 0 Å². The van der Waals surface area contributed by atoms with Crippen molar-refractivity contribution in [1.82, 2.24) is 20.5 Å². The number of carbonyl (C=O) groups excluding carboxylic acids is 1. The molecule has 1 amide bonds. The van der Waals surface area contributed by atoms with Gasteiger partial charge in [0.2, 0.25) is 5.82 Å². The van der Waals surface area contributed by atoms with Crippen molar-refractivity contribution in [2.75, 3.05) is 0 Å². The highest BCUT2D eigenvalue weighted by molar-refractivity contribution is 5.91. The van der Waals surface area contributed by atoms with Gasteiger partial charge in [0.1, 0.15) is 11.3 Å². The SMILES string of the molecule is O=C(NCc1ccco1)c1nnc2ccccc2n1. The maximum atomic E-state index is 11.9. The Labute approximate surface area is 108 Å². The van der Waals surface area contributed by atoms with Gasteiger partial charge in [-0.2, -0.15) is 0 Å². The van der Waals surface area contributed by atoms with Crippen LogP contribution in [0.1, 0.15) is 16.4 Å². The number of amides is 1. The molecule has 1 N–H and O–H groups in total. The molecule has 0 radical (unpaired) electrons. The van der Waals surface area contributed by atoms with Crippen molar-refractivity contribution in [3.05, 3.63) is 54.2 Å². The van der Waals surface area contributed by atoms with Crippen molar-refractivity contribution in [2.45, 2.75) is 6.54 Å². The summed E-state index contributed by atoms with van der Waals surface area (Å²) in [5.41, 5.74) is 1.30. The molecule has 6 heteroatoms. The summed E-state index contributed by atoms with van der Waals surface area (Å²) in [4.78, 5) is 16.0. The first kappa shape index (κ1) is 11.3. The third-order valence-corrected chi connectivity index (χ3v) is 2.57. The standard InChI is InChI=1S/C13H10N4O2/c18-13(14-8-9-4-3-7-19-9)12-15-10-5-1-2-6-11(10)16-17-12/h1-7H,8H2,(H,14,18). The number of aromatic nitrogens is 3. The van der Waals surface area contributed by atoms with Gasteiger partial charge in [0, 0.05) is 0 Å². The summed E-state index contributed by atoms with van der Waals surface area (Å²) in [6.45, 7) is 0.294. The van der Waals surface area contributed by atoms with E-state index in [4.69, 9.17) is 4.42 Å². The number of fused-ring (bicyclic) bond motifs is 1. The molecule has 0 aliphatic rings. The highest BCUT2D eigenvalue weighted by atomic mass is 16.3. The van der Waals surface area contributed by atoms with Gasteiger partial charge in [-0.25, -0.2) is 4.98 Å². The number of carbonyl (C=O) groups is 1. The Hall–Kier alpha value is -2.76. The smallest absolute Gasteiger partial charge is 0.291 e. The zero-order valence-electron chi connectivity index (χ0n) is 9.91. The lowest BCUT2D eigenvalue weighted by Crippen LogP contribution is -2.25. The van der Waals surface area contributed by atoms with E-state index < -0.39 is 0 Å². The van der Waals surface area contributed by atoms with Gasteiger partial charge in [-0.3, -0.25) is 4.79 Å². The zero-order valence-corrected chi connectivity index (χ0v) is 9.91. The lowest BCUT2D eigenvalue weighted by molar-refractivity contribution is 0.0937. The summed E-state index contributed by atoms with van der Waals surface area (Å²) >= 11 is 0. The van der Waals surface area contributed by atoms with Crippen LogP contribution in [-0.2, 0) is 6.54 Å². The van der Waals surface area contributed by atoms with E-state index in [0.29, 0.717) is 23.3 Å². The molecule has 3 aromatic rings. The molecule has 0 atom stereocenters. The lowest BCUT2D eigenvalue weighted by atomic mass is 10.3. The first-order valence-corrected chi connectivity index (χ1v) is 5.73. The van der Waals surface area contributed by atoms with Crippen molar-refractivity contribution < 1.29 is 9.21 Å². The maximum Gasteiger partial charge on any atom is 0.291 e. The van der Waals surface area contributed by atoms with E-state index in [1.165, 1.54) is 0 Å². The highest BCUT2D eigenvalue weighted by Gasteiger charge is 2.11. The summed E-state index contributed by atoms with van der Waals surface area (Å²) in [5, 5.41) is 10.4. The molecule has 94 valence electrons. The lowest BCUT2D eigenvalue weighted by Gasteiger charge is -2.02. The Balaban J connectivity index is 1.77. The van der Waals surface area contributed by atoms with Crippen molar-refractivity contribution in [2.24, 2.45) is 0 Å². The molecule has 2 aromatic heterocycles. The molecule has 0 aliphatic heterocycles. The summed E-state index contributed by atoms with van der Waals surface area (Å²) < 4.78 is 5.12. The third kappa shape index (κ3) is 2.42. The van der Waals surface area contributed by atoms with E-state index in [2.05, 4.69) is 20.5 Å². The molecular weight excluding hydrogens is 244 g/mol. The minimum absolute atomic E-state index is 0.0465. The van der Waals surface area contributed by atoms with Crippen LogP contribution in [0.5, 0.6) is 0 Å². The molecule has 0 unspecified atom stereocenters. The van der Waals surface area contributed by atoms with Crippen LogP contribution in [-0.4, -0.2) is 21.1 Å². The van der Waals surface area contributed by atoms with Crippen molar-refractivity contribution >= 4 is 16.9 Å². The molecule has 0 saturated carbocycles. The van der Waals surface area contributed by atoms with E-state index in [0.717, 1.165) is 0 Å². The quantitative estimate of drug-likeness (QED) is 0.766. The highest BCUT2D eigenvalue weighted by Crippen LogP contribution is 2.06. The summed E-state index contributed by atoms with van der Waals surface area (Å²) in [5.74, 6) is 0.335. The molecule has 0 fully saturated rings. The van der Waals surface area contributed by atoms with E-state index in [1.54, 1.807) is 30.5 Å². The minimum atomic E-state index is -0.380. The molecule has 0 bridgehead atoms. The fourth-order valence-corrected chi connectivity index (χ4v) is 1.64. The largest absolute Gasteiger partial charge is 0.467 e. The van der Waals surface area contributed by atoms with Gasteiger partial charge in [0.05, 0.1) is 18.3 Å². The van der Waals surface area contributed by atoms with E-state index in [1.807, 2.05) is 12.1 Å². The Kier molecular flexibility index (Phi) is 2.89. The number of para-hydroxylation sites is 1. The van der Waals surface area contributed by atoms with Gasteiger partial charge < -0.3 is 9.73 Å². The predicted octanol–water partition coefficient (Wildman–Crippen LogP) is 1.55. The van der Waals surface area contributed by atoms with E-state index in [9.17, 15) is 4.79 Å². The Bertz CT molecular complexity index is 709. The fourth-order valence-electron chi connectivity index (χ4n) is 1.64. The van der Waals surface area contributed by atoms with E-state index in [-0.39, 0.29) is 11.7 Å². The second kappa shape index (κ2) is 4.85. The molecule has 0 spiro atoms. The summed E-state index contributed by atoms with van der Waals surface area (Å²) in [6.07, 6.45) is 1.55. The van der Waals surface area contributed by atoms with Crippen LogP contribution < -0.4 is 5.32 Å². The van der Waals surface area contributed by atoms with Gasteiger partial charge in [-0.1, -0.05) is 12.1 Å². The van der Waals surface area contributed by atoms with Crippen molar-refractivity contribution in [3.8, 4) is 0 Å². The minimum Gasteiger partial charge on any atom is -0.467 e. The van der Waals surface area contributed by atoms with Crippen LogP contribution in [0.15, 0.2) is 47.1 Å². The molecular formula is C13H10N4O2. The van der Waals surface area contributed by atoms with Crippen LogP contribution in [0, 0.1) is 0 Å². The second-order valence-corrected chi connectivity index (χ2v) is 3.89. The Morgan fingerprint density at radius 1 is 1.11 bits per heavy atom. The van der Waals surface area contributed by atoms with Crippen LogP contribution in [0.4, 0.5) is 0 Å². The van der Waals surface area contributed by atoms with Crippen LogP contribution >= 0.6 is 0 Å². The number of furan rings is 1. The number of nitrogens with one attached hydrogen (secondary N) is 1. The molecule has 3 rings (SSSR count). The molecule has 6 nitrogen and oxygen atoms in total. The topological polar surface area (TPSA) is 80.9 Å². The van der Waals surface area contributed by atoms with Gasteiger partial charge in [-0.05, 0) is 24.3 Å². The fraction of sp³-hybridized carbons (Fsp3) is 0.0769. The number of rotatable bonds is 3. The Morgan fingerprint density at radius 3 is 2.74 bits per heavy atom. The predicted molar refractivity (Wildman–Crippen MR) is 67.2 cm³/mol. The molecule has 1 aromatic carbocycles. The first-order valence-electron chi connectivity index (χ1n) is 5.73. The molecule has 0 aliphatic carbocycles. The molecule has 0 saturated heterocycles. The number of hydrogen-bond donors (Lipinski definition) is 1. The average molecular weight is 254 g/mol. The van der Waals surface area contributed by atoms with Gasteiger partial charge in [0.15, 0.2) is 0 Å². The zero-order chi connectivity index (χ0) is 13.1. The second-order valence-electron chi connectivity index (χ2n) is 3.89. The van der Waals surface area contributed by atoms with Crippen LogP contribution in [0.2, 0.25) is 0 Å². The Morgan fingerprint density at radius 2 is 1.95 bits per heavy atom. The first-order chi connectivity index (χ1) is 9.33. The van der Waals surface area contributed by atoms with Gasteiger partial charge in [-0.15, -0.1) is 10.2 Å². The van der Waals surface area contributed by atoms with E-state index >= 15 is 0 Å². The third-order valence-electron chi connectivity index (χ3n) is 2.57.